The van der Waals surface area contributed by atoms with Crippen LogP contribution in [0.25, 0.3) is 0 Å². The van der Waals surface area contributed by atoms with Crippen LogP contribution in [0.5, 0.6) is 5.75 Å². The molecule has 4 N–H and O–H groups in total. The molecule has 1 aromatic carbocycles. The lowest BCUT2D eigenvalue weighted by atomic mass is 10.2. The van der Waals surface area contributed by atoms with Crippen LogP contribution in [0.15, 0.2) is 24.3 Å². The monoisotopic (exact) mass is 242 g/mol. The Bertz CT molecular complexity index is 265. The number of rotatable bonds is 2. The molecule has 0 saturated heterocycles. The summed E-state index contributed by atoms with van der Waals surface area (Å²) in [6, 6.07) is 7.09. The molecule has 0 heterocycles. The van der Waals surface area contributed by atoms with Crippen molar-refractivity contribution in [3.63, 3.8) is 0 Å². The summed E-state index contributed by atoms with van der Waals surface area (Å²) in [5, 5.41) is 8.76. The Morgan fingerprint density at radius 1 is 1.35 bits per heavy atom. The van der Waals surface area contributed by atoms with Gasteiger partial charge >= 0.3 is 5.97 Å². The van der Waals surface area contributed by atoms with Crippen molar-refractivity contribution < 1.29 is 14.6 Å². The van der Waals surface area contributed by atoms with E-state index in [0.717, 1.165) is 0 Å². The number of phenols is 1. The number of aryl methyl sites for hydroxylation is 1. The maximum atomic E-state index is 10.0. The molecule has 0 atom stereocenters. The molecular formula is C12H22N2O3. The van der Waals surface area contributed by atoms with Gasteiger partial charge in [0.25, 0.3) is 0 Å². The number of nitrogens with two attached hydrogens (primary N) is 1. The number of hydrogen-bond acceptors (Lipinski definition) is 5. The fourth-order valence-corrected chi connectivity index (χ4v) is 0.700. The zero-order valence-corrected chi connectivity index (χ0v) is 10.9. The highest BCUT2D eigenvalue weighted by atomic mass is 16.5. The Hall–Kier alpha value is -1.59. The molecule has 0 amide bonds. The molecule has 98 valence electrons. The number of aromatic hydroxyl groups is 1. The van der Waals surface area contributed by atoms with E-state index in [1.165, 1.54) is 12.7 Å². The SMILES string of the molecule is CC.COC(=O)CNN.Cc1ccc(O)cc1. The number of hydrazine groups is 1. The molecular weight excluding hydrogens is 220 g/mol. The fourth-order valence-electron chi connectivity index (χ4n) is 0.700. The van der Waals surface area contributed by atoms with Crippen molar-refractivity contribution in [1.82, 2.24) is 5.43 Å². The minimum absolute atomic E-state index is 0.0660. The van der Waals surface area contributed by atoms with E-state index in [9.17, 15) is 4.79 Å². The Labute approximate surface area is 103 Å². The first-order valence-corrected chi connectivity index (χ1v) is 5.36. The summed E-state index contributed by atoms with van der Waals surface area (Å²) in [5.74, 6) is 4.72. The third-order valence-electron chi connectivity index (χ3n) is 1.51. The van der Waals surface area contributed by atoms with E-state index >= 15 is 0 Å². The van der Waals surface area contributed by atoms with Gasteiger partial charge in [0.1, 0.15) is 12.3 Å². The third-order valence-corrected chi connectivity index (χ3v) is 1.51. The zero-order valence-electron chi connectivity index (χ0n) is 10.9. The second-order valence-electron chi connectivity index (χ2n) is 2.79. The van der Waals surface area contributed by atoms with E-state index in [1.54, 1.807) is 12.1 Å². The van der Waals surface area contributed by atoms with Crippen molar-refractivity contribution in [2.24, 2.45) is 5.84 Å². The van der Waals surface area contributed by atoms with Gasteiger partial charge in [-0.05, 0) is 19.1 Å². The van der Waals surface area contributed by atoms with Crippen molar-refractivity contribution >= 4 is 5.97 Å². The van der Waals surface area contributed by atoms with Gasteiger partial charge in [0.2, 0.25) is 0 Å². The molecule has 0 aliphatic carbocycles. The minimum Gasteiger partial charge on any atom is -0.508 e. The summed E-state index contributed by atoms with van der Waals surface area (Å²) in [7, 11) is 1.31. The van der Waals surface area contributed by atoms with Gasteiger partial charge in [-0.2, -0.15) is 0 Å². The number of nitrogens with one attached hydrogen (secondary N) is 1. The van der Waals surface area contributed by atoms with Crippen LogP contribution >= 0.6 is 0 Å². The van der Waals surface area contributed by atoms with Crippen LogP contribution in [-0.2, 0) is 9.53 Å². The highest BCUT2D eigenvalue weighted by Gasteiger charge is 1.92. The van der Waals surface area contributed by atoms with Crippen molar-refractivity contribution in [2.45, 2.75) is 20.8 Å². The number of esters is 1. The normalized spacial score (nSPS) is 8.06. The van der Waals surface area contributed by atoms with E-state index in [1.807, 2.05) is 32.9 Å². The number of hydrogen-bond donors (Lipinski definition) is 3. The molecule has 5 nitrogen and oxygen atoms in total. The number of carbonyl (C=O) groups is 1. The Morgan fingerprint density at radius 3 is 2.06 bits per heavy atom. The van der Waals surface area contributed by atoms with Gasteiger partial charge in [-0.25, -0.2) is 5.43 Å². The molecule has 0 aliphatic heterocycles. The second-order valence-corrected chi connectivity index (χ2v) is 2.79. The summed E-state index contributed by atoms with van der Waals surface area (Å²) in [5.41, 5.74) is 3.31. The first-order valence-electron chi connectivity index (χ1n) is 5.36. The summed E-state index contributed by atoms with van der Waals surface area (Å²) in [6.45, 7) is 6.05. The Kier molecular flexibility index (Phi) is 13.1. The zero-order chi connectivity index (χ0) is 13.7. The van der Waals surface area contributed by atoms with Gasteiger partial charge in [0.15, 0.2) is 0 Å². The first-order chi connectivity index (χ1) is 8.10. The summed E-state index contributed by atoms with van der Waals surface area (Å²) in [4.78, 5) is 10.0. The summed E-state index contributed by atoms with van der Waals surface area (Å²) >= 11 is 0. The molecule has 0 fully saturated rings. The van der Waals surface area contributed by atoms with Crippen LogP contribution in [-0.4, -0.2) is 24.7 Å². The minimum atomic E-state index is -0.359. The average molecular weight is 242 g/mol. The van der Waals surface area contributed by atoms with Crippen molar-refractivity contribution in [3.05, 3.63) is 29.8 Å². The van der Waals surface area contributed by atoms with Crippen molar-refractivity contribution in [1.29, 1.82) is 0 Å². The smallest absolute Gasteiger partial charge is 0.321 e. The van der Waals surface area contributed by atoms with Gasteiger partial charge in [-0.1, -0.05) is 31.5 Å². The van der Waals surface area contributed by atoms with Crippen molar-refractivity contribution in [2.75, 3.05) is 13.7 Å². The molecule has 0 bridgehead atoms. The Morgan fingerprint density at radius 2 is 1.82 bits per heavy atom. The molecule has 17 heavy (non-hydrogen) atoms. The van der Waals surface area contributed by atoms with Gasteiger partial charge in [0, 0.05) is 0 Å². The lowest BCUT2D eigenvalue weighted by molar-refractivity contribution is -0.139. The van der Waals surface area contributed by atoms with Crippen LogP contribution in [0, 0.1) is 6.92 Å². The number of methoxy groups -OCH3 is 1. The van der Waals surface area contributed by atoms with E-state index in [0.29, 0.717) is 5.75 Å². The van der Waals surface area contributed by atoms with Crippen LogP contribution < -0.4 is 11.3 Å². The average Bonchev–Trinajstić information content (AvgIpc) is 2.36. The van der Waals surface area contributed by atoms with Gasteiger partial charge < -0.3 is 9.84 Å². The standard InChI is InChI=1S/C7H8O.C3H8N2O2.C2H6/c1-6-2-4-7(8)5-3-6;1-7-3(6)2-5-4;1-2/h2-5,8H,1H3;5H,2,4H2,1H3;1-2H3. The van der Waals surface area contributed by atoms with Gasteiger partial charge in [0.05, 0.1) is 7.11 Å². The lowest BCUT2D eigenvalue weighted by Gasteiger charge is -1.93. The maximum Gasteiger partial charge on any atom is 0.321 e. The predicted molar refractivity (Wildman–Crippen MR) is 68.4 cm³/mol. The van der Waals surface area contributed by atoms with E-state index in [2.05, 4.69) is 10.2 Å². The molecule has 0 spiro atoms. The largest absolute Gasteiger partial charge is 0.508 e. The predicted octanol–water partition coefficient (Wildman–Crippen LogP) is 1.35. The lowest BCUT2D eigenvalue weighted by Crippen LogP contribution is -2.29. The summed E-state index contributed by atoms with van der Waals surface area (Å²) < 4.78 is 4.21. The highest BCUT2D eigenvalue weighted by Crippen LogP contribution is 2.07. The molecule has 1 aromatic rings. The number of carbonyl (C=O) groups excluding carboxylic acids is 1. The number of ether oxygens (including phenoxy) is 1. The van der Waals surface area contributed by atoms with E-state index in [4.69, 9.17) is 10.9 Å². The Balaban J connectivity index is 0. The topological polar surface area (TPSA) is 84.6 Å². The number of benzene rings is 1. The highest BCUT2D eigenvalue weighted by molar-refractivity contribution is 5.71. The fraction of sp³-hybridized carbons (Fsp3) is 0.417. The van der Waals surface area contributed by atoms with Gasteiger partial charge in [-0.3, -0.25) is 10.6 Å². The molecule has 5 heteroatoms. The van der Waals surface area contributed by atoms with E-state index < -0.39 is 0 Å². The molecule has 0 aromatic heterocycles. The summed E-state index contributed by atoms with van der Waals surface area (Å²) in [6.07, 6.45) is 0. The number of phenolic OH excluding ortho intramolecular Hbond substituents is 1. The van der Waals surface area contributed by atoms with E-state index in [-0.39, 0.29) is 12.5 Å². The quantitative estimate of drug-likeness (QED) is 0.414. The molecule has 0 aliphatic rings. The van der Waals surface area contributed by atoms with Gasteiger partial charge in [-0.15, -0.1) is 0 Å². The third kappa shape index (κ3) is 12.3. The maximum absolute atomic E-state index is 10.0. The molecule has 0 unspecified atom stereocenters. The second kappa shape index (κ2) is 12.5. The molecule has 0 saturated carbocycles. The van der Waals surface area contributed by atoms with Crippen LogP contribution in [0.2, 0.25) is 0 Å². The molecule has 1 rings (SSSR count). The van der Waals surface area contributed by atoms with Crippen LogP contribution in [0.4, 0.5) is 0 Å². The first kappa shape index (κ1) is 17.8. The van der Waals surface area contributed by atoms with Crippen molar-refractivity contribution in [3.8, 4) is 5.75 Å². The molecule has 0 radical (unpaired) electrons. The van der Waals surface area contributed by atoms with Crippen LogP contribution in [0.3, 0.4) is 0 Å². The van der Waals surface area contributed by atoms with Crippen LogP contribution in [0.1, 0.15) is 19.4 Å².